The zero-order valence-electron chi connectivity index (χ0n) is 16.7. The van der Waals surface area contributed by atoms with Crippen molar-refractivity contribution in [2.45, 2.75) is 44.8 Å². The molecular weight excluding hydrogens is 368 g/mol. The van der Waals surface area contributed by atoms with Crippen molar-refractivity contribution in [2.24, 2.45) is 0 Å². The molecular formula is C22H28N4O3. The molecule has 1 aromatic heterocycles. The zero-order chi connectivity index (χ0) is 20.1. The molecule has 2 aliphatic heterocycles. The van der Waals surface area contributed by atoms with Gasteiger partial charge >= 0.3 is 0 Å². The predicted octanol–water partition coefficient (Wildman–Crippen LogP) is 2.20. The first-order valence-electron chi connectivity index (χ1n) is 10.5. The lowest BCUT2D eigenvalue weighted by Gasteiger charge is -2.28. The van der Waals surface area contributed by atoms with E-state index in [0.29, 0.717) is 12.2 Å². The molecule has 1 amide bonds. The van der Waals surface area contributed by atoms with Crippen molar-refractivity contribution in [1.29, 1.82) is 0 Å². The second kappa shape index (κ2) is 9.22. The van der Waals surface area contributed by atoms with Crippen LogP contribution in [0.15, 0.2) is 41.2 Å². The van der Waals surface area contributed by atoms with Gasteiger partial charge in [-0.15, -0.1) is 0 Å². The highest BCUT2D eigenvalue weighted by Crippen LogP contribution is 2.23. The van der Waals surface area contributed by atoms with Crippen molar-refractivity contribution >= 4 is 11.6 Å². The lowest BCUT2D eigenvalue weighted by Crippen LogP contribution is -2.37. The number of hydrogen-bond acceptors (Lipinski definition) is 5. The van der Waals surface area contributed by atoms with Gasteiger partial charge in [0.15, 0.2) is 0 Å². The summed E-state index contributed by atoms with van der Waals surface area (Å²) >= 11 is 0. The number of carbonyl (C=O) groups excluding carboxylic acids is 1. The van der Waals surface area contributed by atoms with Crippen molar-refractivity contribution in [3.05, 3.63) is 46.8 Å². The van der Waals surface area contributed by atoms with Crippen molar-refractivity contribution in [3.63, 3.8) is 0 Å². The maximum atomic E-state index is 12.2. The van der Waals surface area contributed by atoms with E-state index in [1.807, 2.05) is 12.1 Å². The highest BCUT2D eigenvalue weighted by molar-refractivity contribution is 5.75. The van der Waals surface area contributed by atoms with Crippen molar-refractivity contribution in [3.8, 4) is 11.3 Å². The fraction of sp³-hybridized carbons (Fsp3) is 0.500. The minimum Gasteiger partial charge on any atom is -0.376 e. The lowest BCUT2D eigenvalue weighted by atomic mass is 10.1. The van der Waals surface area contributed by atoms with Gasteiger partial charge < -0.3 is 15.0 Å². The Morgan fingerprint density at radius 3 is 2.59 bits per heavy atom. The second-order valence-corrected chi connectivity index (χ2v) is 7.75. The van der Waals surface area contributed by atoms with Crippen LogP contribution in [-0.2, 0) is 16.1 Å². The summed E-state index contributed by atoms with van der Waals surface area (Å²) in [4.78, 5) is 26.8. The van der Waals surface area contributed by atoms with Crippen LogP contribution in [0.5, 0.6) is 0 Å². The Labute approximate surface area is 170 Å². The lowest BCUT2D eigenvalue weighted by molar-refractivity contribution is -0.122. The van der Waals surface area contributed by atoms with E-state index in [1.54, 1.807) is 6.07 Å². The number of rotatable bonds is 6. The normalized spacial score (nSPS) is 19.3. The Kier molecular flexibility index (Phi) is 6.24. The SMILES string of the molecule is O=C(Cn1nc(-c2ccc(N3CCCCC3)cc2)ccc1=O)NCC1CCCO1. The van der Waals surface area contributed by atoms with Crippen LogP contribution in [0.25, 0.3) is 11.3 Å². The van der Waals surface area contributed by atoms with Crippen LogP contribution in [-0.4, -0.2) is 48.0 Å². The minimum absolute atomic E-state index is 0.0772. The molecule has 154 valence electrons. The van der Waals surface area contributed by atoms with Gasteiger partial charge in [-0.2, -0.15) is 5.10 Å². The van der Waals surface area contributed by atoms with Crippen molar-refractivity contribution in [1.82, 2.24) is 15.1 Å². The topological polar surface area (TPSA) is 76.5 Å². The summed E-state index contributed by atoms with van der Waals surface area (Å²) in [5.74, 6) is -0.229. The molecule has 0 spiro atoms. The molecule has 0 bridgehead atoms. The second-order valence-electron chi connectivity index (χ2n) is 7.75. The van der Waals surface area contributed by atoms with Crippen LogP contribution in [0.2, 0.25) is 0 Å². The standard InChI is InChI=1S/C22H28N4O3/c27-21(23-15-19-5-4-14-29-19)16-26-22(28)11-10-20(24-26)17-6-8-18(9-7-17)25-12-2-1-3-13-25/h6-11,19H,1-5,12-16H2,(H,23,27). The van der Waals surface area contributed by atoms with Crippen LogP contribution < -0.4 is 15.8 Å². The molecule has 2 aromatic rings. The van der Waals surface area contributed by atoms with Crippen LogP contribution in [0, 0.1) is 0 Å². The van der Waals surface area contributed by atoms with Gasteiger partial charge in [0, 0.05) is 43.6 Å². The highest BCUT2D eigenvalue weighted by Gasteiger charge is 2.17. The van der Waals surface area contributed by atoms with E-state index in [1.165, 1.54) is 35.7 Å². The summed E-state index contributed by atoms with van der Waals surface area (Å²) in [5.41, 5.74) is 2.54. The van der Waals surface area contributed by atoms with Gasteiger partial charge in [-0.05, 0) is 50.3 Å². The third-order valence-electron chi connectivity index (χ3n) is 5.60. The van der Waals surface area contributed by atoms with Gasteiger partial charge in [0.05, 0.1) is 11.8 Å². The molecule has 0 radical (unpaired) electrons. The smallest absolute Gasteiger partial charge is 0.267 e. The van der Waals surface area contributed by atoms with E-state index < -0.39 is 0 Å². The molecule has 0 aliphatic carbocycles. The molecule has 7 nitrogen and oxygen atoms in total. The average Bonchev–Trinajstić information content (AvgIpc) is 3.28. The number of amides is 1. The van der Waals surface area contributed by atoms with Crippen LogP contribution in [0.3, 0.4) is 0 Å². The number of carbonyl (C=O) groups is 1. The van der Waals surface area contributed by atoms with Crippen molar-refractivity contribution in [2.75, 3.05) is 31.1 Å². The Morgan fingerprint density at radius 1 is 1.07 bits per heavy atom. The minimum atomic E-state index is -0.286. The molecule has 1 atom stereocenters. The number of nitrogens with zero attached hydrogens (tertiary/aromatic N) is 3. The van der Waals surface area contributed by atoms with Gasteiger partial charge in [-0.25, -0.2) is 4.68 Å². The first-order chi connectivity index (χ1) is 14.2. The number of benzene rings is 1. The van der Waals surface area contributed by atoms with E-state index in [-0.39, 0.29) is 24.1 Å². The summed E-state index contributed by atoms with van der Waals surface area (Å²) in [7, 11) is 0. The van der Waals surface area contributed by atoms with Gasteiger partial charge in [0.2, 0.25) is 5.91 Å². The fourth-order valence-electron chi connectivity index (χ4n) is 3.94. The molecule has 1 aromatic carbocycles. The zero-order valence-corrected chi connectivity index (χ0v) is 16.7. The molecule has 2 saturated heterocycles. The Balaban J connectivity index is 1.41. The summed E-state index contributed by atoms with van der Waals surface area (Å²) < 4.78 is 6.73. The Hall–Kier alpha value is -2.67. The number of ether oxygens (including phenoxy) is 1. The van der Waals surface area contributed by atoms with E-state index in [2.05, 4.69) is 27.4 Å². The molecule has 1 unspecified atom stereocenters. The number of anilines is 1. The molecule has 2 fully saturated rings. The molecule has 4 rings (SSSR count). The van der Waals surface area contributed by atoms with Gasteiger partial charge in [0.1, 0.15) is 6.54 Å². The van der Waals surface area contributed by atoms with Gasteiger partial charge in [-0.1, -0.05) is 12.1 Å². The van der Waals surface area contributed by atoms with Crippen molar-refractivity contribution < 1.29 is 9.53 Å². The van der Waals surface area contributed by atoms with E-state index in [9.17, 15) is 9.59 Å². The van der Waals surface area contributed by atoms with E-state index in [0.717, 1.165) is 38.1 Å². The summed E-state index contributed by atoms with van der Waals surface area (Å²) in [5, 5.41) is 7.24. The van der Waals surface area contributed by atoms with Gasteiger partial charge in [-0.3, -0.25) is 9.59 Å². The first-order valence-corrected chi connectivity index (χ1v) is 10.5. The predicted molar refractivity (Wildman–Crippen MR) is 112 cm³/mol. The average molecular weight is 396 g/mol. The highest BCUT2D eigenvalue weighted by atomic mass is 16.5. The summed E-state index contributed by atoms with van der Waals surface area (Å²) in [6.45, 7) is 3.34. The molecule has 2 aliphatic rings. The maximum absolute atomic E-state index is 12.2. The molecule has 7 heteroatoms. The number of piperidine rings is 1. The summed E-state index contributed by atoms with van der Waals surface area (Å²) in [6.07, 6.45) is 5.85. The number of aromatic nitrogens is 2. The third kappa shape index (κ3) is 5.03. The largest absolute Gasteiger partial charge is 0.376 e. The summed E-state index contributed by atoms with van der Waals surface area (Å²) in [6, 6.07) is 11.4. The van der Waals surface area contributed by atoms with E-state index in [4.69, 9.17) is 4.74 Å². The first kappa shape index (κ1) is 19.6. The van der Waals surface area contributed by atoms with Crippen LogP contribution in [0.1, 0.15) is 32.1 Å². The number of nitrogens with one attached hydrogen (secondary N) is 1. The van der Waals surface area contributed by atoms with Gasteiger partial charge in [0.25, 0.3) is 5.56 Å². The molecule has 29 heavy (non-hydrogen) atoms. The third-order valence-corrected chi connectivity index (χ3v) is 5.60. The monoisotopic (exact) mass is 396 g/mol. The van der Waals surface area contributed by atoms with E-state index >= 15 is 0 Å². The Morgan fingerprint density at radius 2 is 1.86 bits per heavy atom. The molecule has 1 N–H and O–H groups in total. The quantitative estimate of drug-likeness (QED) is 0.810. The Bertz CT molecular complexity index is 882. The fourth-order valence-corrected chi connectivity index (χ4v) is 3.94. The molecule has 0 saturated carbocycles. The maximum Gasteiger partial charge on any atom is 0.267 e. The van der Waals surface area contributed by atoms with Crippen LogP contribution in [0.4, 0.5) is 5.69 Å². The van der Waals surface area contributed by atoms with Crippen LogP contribution >= 0.6 is 0 Å². The molecule has 3 heterocycles. The number of hydrogen-bond donors (Lipinski definition) is 1.